The van der Waals surface area contributed by atoms with Crippen molar-refractivity contribution in [3.8, 4) is 5.75 Å². The first-order valence-corrected chi connectivity index (χ1v) is 10.9. The van der Waals surface area contributed by atoms with Gasteiger partial charge in [-0.15, -0.1) is 0 Å². The number of hydrogen-bond donors (Lipinski definition) is 0. The zero-order valence-corrected chi connectivity index (χ0v) is 17.6. The Bertz CT molecular complexity index is 802. The molecule has 1 aliphatic carbocycles. The van der Waals surface area contributed by atoms with Gasteiger partial charge in [-0.25, -0.2) is 4.39 Å². The highest BCUT2D eigenvalue weighted by Gasteiger charge is 2.20. The van der Waals surface area contributed by atoms with Gasteiger partial charge < -0.3 is 4.74 Å². The van der Waals surface area contributed by atoms with Crippen molar-refractivity contribution < 1.29 is 13.5 Å². The third kappa shape index (κ3) is 5.91. The van der Waals surface area contributed by atoms with E-state index in [-0.39, 0.29) is 5.75 Å². The molecule has 1 fully saturated rings. The number of aryl methyl sites for hydroxylation is 2. The molecule has 1 aliphatic rings. The summed E-state index contributed by atoms with van der Waals surface area (Å²) in [4.78, 5) is 0. The minimum Gasteiger partial charge on any atom is -0.490 e. The average Bonchev–Trinajstić information content (AvgIpc) is 2.74. The fraction of sp³-hybridized carbons (Fsp3) is 0.462. The lowest BCUT2D eigenvalue weighted by atomic mass is 9.78. The number of hydrogen-bond acceptors (Lipinski definition) is 1. The molecular formula is C26H32F2O. The molecule has 0 aromatic heterocycles. The van der Waals surface area contributed by atoms with Gasteiger partial charge in [-0.2, -0.15) is 4.39 Å². The Morgan fingerprint density at radius 2 is 1.69 bits per heavy atom. The van der Waals surface area contributed by atoms with Gasteiger partial charge in [0, 0.05) is 0 Å². The summed E-state index contributed by atoms with van der Waals surface area (Å²) in [6.45, 7) is 4.45. The molecule has 156 valence electrons. The molecule has 2 aromatic carbocycles. The van der Waals surface area contributed by atoms with Crippen LogP contribution in [0.4, 0.5) is 8.78 Å². The molecule has 0 radical (unpaired) electrons. The molecule has 0 aliphatic heterocycles. The van der Waals surface area contributed by atoms with E-state index in [1.54, 1.807) is 12.1 Å². The second-order valence-corrected chi connectivity index (χ2v) is 8.19. The molecule has 0 atom stereocenters. The zero-order chi connectivity index (χ0) is 20.6. The Morgan fingerprint density at radius 3 is 2.38 bits per heavy atom. The fourth-order valence-electron chi connectivity index (χ4n) is 4.10. The average molecular weight is 399 g/mol. The summed E-state index contributed by atoms with van der Waals surface area (Å²) >= 11 is 0. The maximum absolute atomic E-state index is 14.2. The predicted octanol–water partition coefficient (Wildman–Crippen LogP) is 7.52. The van der Waals surface area contributed by atoms with Crippen LogP contribution >= 0.6 is 0 Å². The molecule has 0 N–H and O–H groups in total. The number of benzene rings is 2. The molecule has 0 spiro atoms. The summed E-state index contributed by atoms with van der Waals surface area (Å²) in [6, 6.07) is 12.1. The second-order valence-electron chi connectivity index (χ2n) is 8.19. The molecule has 0 saturated heterocycles. The van der Waals surface area contributed by atoms with Crippen molar-refractivity contribution in [1.82, 2.24) is 0 Å². The maximum atomic E-state index is 14.2. The zero-order valence-electron chi connectivity index (χ0n) is 17.6. The van der Waals surface area contributed by atoms with Crippen LogP contribution in [0.15, 0.2) is 48.6 Å². The van der Waals surface area contributed by atoms with E-state index < -0.39 is 11.6 Å². The molecule has 0 unspecified atom stereocenters. The summed E-state index contributed by atoms with van der Waals surface area (Å²) in [5, 5.41) is 0. The SMILES string of the molecule is CCCOc1ccc(CC/C=C/C2CCC(c3ccc(C)cc3)CC2)c(F)c1F. The summed E-state index contributed by atoms with van der Waals surface area (Å²) in [7, 11) is 0. The van der Waals surface area contributed by atoms with E-state index in [2.05, 4.69) is 43.3 Å². The van der Waals surface area contributed by atoms with Crippen molar-refractivity contribution in [2.24, 2.45) is 5.92 Å². The summed E-state index contributed by atoms with van der Waals surface area (Å²) in [6.07, 6.45) is 11.2. The number of allylic oxidation sites excluding steroid dienone is 2. The van der Waals surface area contributed by atoms with E-state index >= 15 is 0 Å². The van der Waals surface area contributed by atoms with Gasteiger partial charge in [-0.3, -0.25) is 0 Å². The summed E-state index contributed by atoms with van der Waals surface area (Å²) in [5.74, 6) is -0.359. The molecule has 0 heterocycles. The smallest absolute Gasteiger partial charge is 0.200 e. The van der Waals surface area contributed by atoms with Crippen LogP contribution in [0.5, 0.6) is 5.75 Å². The Balaban J connectivity index is 1.45. The first-order valence-electron chi connectivity index (χ1n) is 10.9. The lowest BCUT2D eigenvalue weighted by Crippen LogP contribution is -2.11. The quantitative estimate of drug-likeness (QED) is 0.418. The Hall–Kier alpha value is -2.16. The van der Waals surface area contributed by atoms with Gasteiger partial charge >= 0.3 is 0 Å². The molecule has 29 heavy (non-hydrogen) atoms. The molecule has 0 bridgehead atoms. The highest BCUT2D eigenvalue weighted by molar-refractivity contribution is 5.31. The molecule has 3 rings (SSSR count). The first kappa shape index (κ1) is 21.5. The summed E-state index contributed by atoms with van der Waals surface area (Å²) < 4.78 is 33.5. The molecular weight excluding hydrogens is 366 g/mol. The van der Waals surface area contributed by atoms with E-state index in [0.29, 0.717) is 30.4 Å². The van der Waals surface area contributed by atoms with Crippen molar-refractivity contribution in [1.29, 1.82) is 0 Å². The van der Waals surface area contributed by atoms with Crippen LogP contribution in [-0.2, 0) is 6.42 Å². The van der Waals surface area contributed by atoms with E-state index in [1.807, 2.05) is 6.92 Å². The van der Waals surface area contributed by atoms with Gasteiger partial charge in [0.05, 0.1) is 6.61 Å². The molecule has 1 saturated carbocycles. The van der Waals surface area contributed by atoms with Crippen molar-refractivity contribution in [3.63, 3.8) is 0 Å². The topological polar surface area (TPSA) is 9.23 Å². The molecule has 1 nitrogen and oxygen atoms in total. The van der Waals surface area contributed by atoms with Gasteiger partial charge in [-0.1, -0.05) is 55.0 Å². The largest absolute Gasteiger partial charge is 0.490 e. The number of rotatable bonds is 8. The van der Waals surface area contributed by atoms with Crippen molar-refractivity contribution in [3.05, 3.63) is 76.9 Å². The van der Waals surface area contributed by atoms with Crippen molar-refractivity contribution in [2.75, 3.05) is 6.61 Å². The van der Waals surface area contributed by atoms with E-state index in [1.165, 1.54) is 36.8 Å². The predicted molar refractivity (Wildman–Crippen MR) is 115 cm³/mol. The van der Waals surface area contributed by atoms with E-state index in [4.69, 9.17) is 4.74 Å². The lowest BCUT2D eigenvalue weighted by Gasteiger charge is -2.27. The number of halogens is 2. The first-order chi connectivity index (χ1) is 14.1. The minimum atomic E-state index is -0.866. The van der Waals surface area contributed by atoms with Gasteiger partial charge in [0.2, 0.25) is 5.82 Å². The fourth-order valence-corrected chi connectivity index (χ4v) is 4.10. The Labute approximate surface area is 173 Å². The van der Waals surface area contributed by atoms with Gasteiger partial charge in [0.1, 0.15) is 0 Å². The molecule has 3 heteroatoms. The van der Waals surface area contributed by atoms with Crippen LogP contribution in [0, 0.1) is 24.5 Å². The van der Waals surface area contributed by atoms with Crippen LogP contribution in [0.25, 0.3) is 0 Å². The van der Waals surface area contributed by atoms with E-state index in [0.717, 1.165) is 12.8 Å². The number of ether oxygens (including phenoxy) is 1. The van der Waals surface area contributed by atoms with E-state index in [9.17, 15) is 8.78 Å². The van der Waals surface area contributed by atoms with Crippen LogP contribution < -0.4 is 4.74 Å². The third-order valence-corrected chi connectivity index (χ3v) is 5.90. The van der Waals surface area contributed by atoms with Crippen LogP contribution in [-0.4, -0.2) is 6.61 Å². The van der Waals surface area contributed by atoms with Crippen LogP contribution in [0.3, 0.4) is 0 Å². The normalized spacial score (nSPS) is 19.6. The van der Waals surface area contributed by atoms with Crippen molar-refractivity contribution in [2.45, 2.75) is 64.7 Å². The minimum absolute atomic E-state index is 0.00831. The monoisotopic (exact) mass is 398 g/mol. The second kappa shape index (κ2) is 10.6. The maximum Gasteiger partial charge on any atom is 0.200 e. The van der Waals surface area contributed by atoms with Gasteiger partial charge in [0.15, 0.2) is 11.6 Å². The Kier molecular flexibility index (Phi) is 7.85. The molecule has 0 amide bonds. The standard InChI is InChI=1S/C26H32F2O/c1-3-18-29-24-17-16-23(25(27)26(24)28)7-5-4-6-20-10-14-22(15-11-20)21-12-8-19(2)9-13-21/h4,6,8-9,12-13,16-17,20,22H,3,5,7,10-11,14-15,18H2,1-2H3/b6-4+. The van der Waals surface area contributed by atoms with Gasteiger partial charge in [0.25, 0.3) is 0 Å². The summed E-state index contributed by atoms with van der Waals surface area (Å²) in [5.41, 5.74) is 3.19. The van der Waals surface area contributed by atoms with Crippen LogP contribution in [0.1, 0.15) is 68.1 Å². The highest BCUT2D eigenvalue weighted by Crippen LogP contribution is 2.36. The third-order valence-electron chi connectivity index (χ3n) is 5.90. The van der Waals surface area contributed by atoms with Crippen molar-refractivity contribution >= 4 is 0 Å². The van der Waals surface area contributed by atoms with Gasteiger partial charge in [-0.05, 0) is 80.9 Å². The highest BCUT2D eigenvalue weighted by atomic mass is 19.2. The van der Waals surface area contributed by atoms with Crippen LogP contribution in [0.2, 0.25) is 0 Å². The Morgan fingerprint density at radius 1 is 0.966 bits per heavy atom. The lowest BCUT2D eigenvalue weighted by molar-refractivity contribution is 0.294. The molecule has 2 aromatic rings.